The molecule has 1 aliphatic heterocycles. The summed E-state index contributed by atoms with van der Waals surface area (Å²) in [6, 6.07) is 17.2. The van der Waals surface area contributed by atoms with Gasteiger partial charge in [0.25, 0.3) is 0 Å². The number of carbonyl (C=O) groups is 2. The second kappa shape index (κ2) is 11.5. The fraction of sp³-hybridized carbons (Fsp3) is 0.233. The highest BCUT2D eigenvalue weighted by Crippen LogP contribution is 2.36. The summed E-state index contributed by atoms with van der Waals surface area (Å²) in [7, 11) is 3.84. The second-order valence-corrected chi connectivity index (χ2v) is 11.1. The lowest BCUT2D eigenvalue weighted by Crippen LogP contribution is -2.31. The van der Waals surface area contributed by atoms with E-state index in [1.165, 1.54) is 28.8 Å². The van der Waals surface area contributed by atoms with Gasteiger partial charge in [-0.2, -0.15) is 4.99 Å². The minimum absolute atomic E-state index is 0.0422. The third kappa shape index (κ3) is 5.99. The van der Waals surface area contributed by atoms with Gasteiger partial charge >= 0.3 is 6.03 Å². The molecule has 0 aliphatic carbocycles. The maximum Gasteiger partial charge on any atom is 0.347 e. The third-order valence-corrected chi connectivity index (χ3v) is 7.54. The van der Waals surface area contributed by atoms with Crippen LogP contribution < -0.4 is 15.1 Å². The number of hydrogen-bond acceptors (Lipinski definition) is 6. The van der Waals surface area contributed by atoms with Crippen molar-refractivity contribution >= 4 is 45.9 Å². The molecule has 5 rings (SSSR count). The maximum absolute atomic E-state index is 15.0. The van der Waals surface area contributed by atoms with E-state index in [1.54, 1.807) is 17.1 Å². The van der Waals surface area contributed by atoms with Crippen molar-refractivity contribution in [3.8, 4) is 17.1 Å². The molecule has 0 atom stereocenters. The number of amides is 3. The Morgan fingerprint density at radius 1 is 1.10 bits per heavy atom. The van der Waals surface area contributed by atoms with Crippen LogP contribution in [0.3, 0.4) is 0 Å². The van der Waals surface area contributed by atoms with Crippen LogP contribution in [0.1, 0.15) is 30.9 Å². The van der Waals surface area contributed by atoms with Crippen molar-refractivity contribution in [1.29, 1.82) is 0 Å². The standard InChI is InChI=1S/C30H30FN7O2S/c1-18(2)23-12-11-22(36(4)5)15-26(23)38-27(39)16-41-30(38)34-29(40)33-25-13-8-20(14-24(25)31)28-32-17-37(35-28)21-9-6-19(3)7-10-21/h6-15,17-18H,16H2,1-5H3,(H,33,40)/b34-30-. The van der Waals surface area contributed by atoms with Crippen LogP contribution in [0.4, 0.5) is 26.2 Å². The van der Waals surface area contributed by atoms with Crippen molar-refractivity contribution < 1.29 is 14.0 Å². The second-order valence-electron chi connectivity index (χ2n) is 10.2. The summed E-state index contributed by atoms with van der Waals surface area (Å²) in [6.45, 7) is 6.08. The van der Waals surface area contributed by atoms with Gasteiger partial charge in [-0.1, -0.05) is 49.4 Å². The normalized spacial score (nSPS) is 14.3. The highest BCUT2D eigenvalue weighted by molar-refractivity contribution is 8.15. The summed E-state index contributed by atoms with van der Waals surface area (Å²) in [4.78, 5) is 37.7. The molecule has 0 radical (unpaired) electrons. The van der Waals surface area contributed by atoms with Crippen LogP contribution in [0.2, 0.25) is 0 Å². The van der Waals surface area contributed by atoms with Gasteiger partial charge in [0.15, 0.2) is 11.0 Å². The Hall–Kier alpha value is -4.51. The Balaban J connectivity index is 1.36. The van der Waals surface area contributed by atoms with E-state index >= 15 is 4.39 Å². The first kappa shape index (κ1) is 28.0. The van der Waals surface area contributed by atoms with Crippen LogP contribution >= 0.6 is 11.8 Å². The molecule has 2 heterocycles. The zero-order valence-electron chi connectivity index (χ0n) is 23.4. The predicted octanol–water partition coefficient (Wildman–Crippen LogP) is 6.24. The number of nitrogens with zero attached hydrogens (tertiary/aromatic N) is 6. The van der Waals surface area contributed by atoms with Gasteiger partial charge in [-0.25, -0.2) is 18.9 Å². The maximum atomic E-state index is 15.0. The minimum Gasteiger partial charge on any atom is -0.378 e. The Kier molecular flexibility index (Phi) is 7.89. The number of nitrogens with one attached hydrogen (secondary N) is 1. The molecule has 4 aromatic rings. The fourth-order valence-corrected chi connectivity index (χ4v) is 5.24. The smallest absolute Gasteiger partial charge is 0.347 e. The van der Waals surface area contributed by atoms with Crippen LogP contribution in [0.25, 0.3) is 17.1 Å². The van der Waals surface area contributed by atoms with Crippen molar-refractivity contribution in [3.05, 3.63) is 83.9 Å². The number of aliphatic imine (C=N–C) groups is 1. The number of thioether (sulfide) groups is 1. The van der Waals surface area contributed by atoms with Gasteiger partial charge in [0.1, 0.15) is 12.1 Å². The molecule has 210 valence electrons. The summed E-state index contributed by atoms with van der Waals surface area (Å²) in [6.07, 6.45) is 1.56. The lowest BCUT2D eigenvalue weighted by Gasteiger charge is -2.24. The van der Waals surface area contributed by atoms with E-state index in [1.807, 2.05) is 82.2 Å². The third-order valence-electron chi connectivity index (χ3n) is 6.62. The molecular weight excluding hydrogens is 541 g/mol. The van der Waals surface area contributed by atoms with E-state index in [2.05, 4.69) is 20.4 Å². The van der Waals surface area contributed by atoms with Gasteiger partial charge in [-0.3, -0.25) is 9.69 Å². The molecule has 3 amide bonds. The van der Waals surface area contributed by atoms with Gasteiger partial charge in [0.2, 0.25) is 5.91 Å². The highest BCUT2D eigenvalue weighted by atomic mass is 32.2. The number of carbonyl (C=O) groups excluding carboxylic acids is 2. The Labute approximate surface area is 242 Å². The number of hydrogen-bond donors (Lipinski definition) is 1. The number of anilines is 3. The van der Waals surface area contributed by atoms with E-state index in [9.17, 15) is 9.59 Å². The summed E-state index contributed by atoms with van der Waals surface area (Å²) < 4.78 is 16.7. The Bertz CT molecular complexity index is 1650. The Morgan fingerprint density at radius 3 is 2.54 bits per heavy atom. The predicted molar refractivity (Wildman–Crippen MR) is 163 cm³/mol. The molecule has 9 nitrogen and oxygen atoms in total. The molecule has 1 aliphatic rings. The van der Waals surface area contributed by atoms with Crippen molar-refractivity contribution in [3.63, 3.8) is 0 Å². The first-order valence-electron chi connectivity index (χ1n) is 13.1. The van der Waals surface area contributed by atoms with Crippen LogP contribution in [0, 0.1) is 12.7 Å². The average Bonchev–Trinajstić information content (AvgIpc) is 3.57. The molecule has 0 spiro atoms. The molecule has 1 aromatic heterocycles. The topological polar surface area (TPSA) is 95.7 Å². The number of rotatable bonds is 6. The first-order chi connectivity index (χ1) is 19.6. The van der Waals surface area contributed by atoms with Crippen LogP contribution in [0.15, 0.2) is 72.0 Å². The van der Waals surface area contributed by atoms with Gasteiger partial charge in [0, 0.05) is 25.3 Å². The first-order valence-corrected chi connectivity index (χ1v) is 14.0. The largest absolute Gasteiger partial charge is 0.378 e. The van der Waals surface area contributed by atoms with Gasteiger partial charge in [0.05, 0.1) is 22.8 Å². The van der Waals surface area contributed by atoms with E-state index in [0.29, 0.717) is 17.1 Å². The molecule has 1 saturated heterocycles. The number of urea groups is 1. The van der Waals surface area contributed by atoms with E-state index in [0.717, 1.165) is 22.5 Å². The molecule has 11 heteroatoms. The van der Waals surface area contributed by atoms with Crippen molar-refractivity contribution in [2.24, 2.45) is 4.99 Å². The molecule has 0 saturated carbocycles. The lowest BCUT2D eigenvalue weighted by molar-refractivity contribution is -0.115. The van der Waals surface area contributed by atoms with Crippen LogP contribution in [-0.2, 0) is 4.79 Å². The van der Waals surface area contributed by atoms with Crippen molar-refractivity contribution in [1.82, 2.24) is 14.8 Å². The zero-order chi connectivity index (χ0) is 29.3. The molecule has 1 N–H and O–H groups in total. The molecule has 1 fully saturated rings. The van der Waals surface area contributed by atoms with Crippen molar-refractivity contribution in [2.75, 3.05) is 35.0 Å². The van der Waals surface area contributed by atoms with E-state index < -0.39 is 11.8 Å². The monoisotopic (exact) mass is 571 g/mol. The molecule has 0 unspecified atom stereocenters. The number of amidine groups is 1. The van der Waals surface area contributed by atoms with Gasteiger partial charge in [-0.05, 0) is 60.9 Å². The molecule has 0 bridgehead atoms. The number of aryl methyl sites for hydroxylation is 1. The Morgan fingerprint density at radius 2 is 1.85 bits per heavy atom. The summed E-state index contributed by atoms with van der Waals surface area (Å²) >= 11 is 1.17. The van der Waals surface area contributed by atoms with Gasteiger partial charge in [-0.15, -0.1) is 5.10 Å². The summed E-state index contributed by atoms with van der Waals surface area (Å²) in [5.74, 6) is -0.190. The quantitative estimate of drug-likeness (QED) is 0.294. The van der Waals surface area contributed by atoms with Crippen LogP contribution in [-0.4, -0.2) is 51.7 Å². The minimum atomic E-state index is -0.782. The zero-order valence-corrected chi connectivity index (χ0v) is 24.2. The average molecular weight is 572 g/mol. The number of benzene rings is 3. The van der Waals surface area contributed by atoms with E-state index in [4.69, 9.17) is 0 Å². The summed E-state index contributed by atoms with van der Waals surface area (Å²) in [5.41, 5.74) is 4.94. The molecule has 3 aromatic carbocycles. The van der Waals surface area contributed by atoms with Crippen molar-refractivity contribution in [2.45, 2.75) is 26.7 Å². The summed E-state index contributed by atoms with van der Waals surface area (Å²) in [5, 5.41) is 7.19. The van der Waals surface area contributed by atoms with E-state index in [-0.39, 0.29) is 28.4 Å². The SMILES string of the molecule is Cc1ccc(-n2cnc(-c3ccc(NC(=O)/N=C4\SCC(=O)N4c4cc(N(C)C)ccc4C(C)C)c(F)c3)n2)cc1. The number of aromatic nitrogens is 3. The molecule has 41 heavy (non-hydrogen) atoms. The van der Waals surface area contributed by atoms with Crippen LogP contribution in [0.5, 0.6) is 0 Å². The lowest BCUT2D eigenvalue weighted by atomic mass is 9.99. The fourth-order valence-electron chi connectivity index (χ4n) is 4.38. The van der Waals surface area contributed by atoms with Gasteiger partial charge < -0.3 is 10.2 Å². The number of halogens is 1. The molecular formula is C30H30FN7O2S. The highest BCUT2D eigenvalue weighted by Gasteiger charge is 2.33.